The summed E-state index contributed by atoms with van der Waals surface area (Å²) in [5.74, 6) is 0.921. The normalized spacial score (nSPS) is 11.1. The van der Waals surface area contributed by atoms with E-state index in [-0.39, 0.29) is 5.95 Å². The number of fused-ring (bicyclic) bond motifs is 1. The molecule has 3 heterocycles. The van der Waals surface area contributed by atoms with Gasteiger partial charge in [0.05, 0.1) is 5.39 Å². The largest absolute Gasteiger partial charge is 0.368 e. The minimum atomic E-state index is 0.250. The maximum absolute atomic E-state index is 5.66. The number of thiophene rings is 1. The smallest absolute Gasteiger partial charge is 0.223 e. The van der Waals surface area contributed by atoms with Crippen molar-refractivity contribution in [2.45, 2.75) is 6.92 Å². The molecule has 80 valence electrons. The van der Waals surface area contributed by atoms with Crippen molar-refractivity contribution in [3.8, 4) is 5.82 Å². The van der Waals surface area contributed by atoms with E-state index in [2.05, 4.69) is 20.1 Å². The van der Waals surface area contributed by atoms with Gasteiger partial charge < -0.3 is 5.73 Å². The monoisotopic (exact) mass is 232 g/mol. The predicted molar refractivity (Wildman–Crippen MR) is 61.5 cm³/mol. The van der Waals surface area contributed by atoms with Gasteiger partial charge in [-0.1, -0.05) is 0 Å². The second kappa shape index (κ2) is 3.24. The van der Waals surface area contributed by atoms with Crippen LogP contribution < -0.4 is 5.73 Å². The van der Waals surface area contributed by atoms with E-state index in [1.54, 1.807) is 22.3 Å². The molecule has 0 radical (unpaired) electrons. The highest BCUT2D eigenvalue weighted by molar-refractivity contribution is 7.18. The Kier molecular flexibility index (Phi) is 1.87. The van der Waals surface area contributed by atoms with Crippen molar-refractivity contribution in [3.63, 3.8) is 0 Å². The van der Waals surface area contributed by atoms with Crippen LogP contribution in [-0.2, 0) is 0 Å². The topological polar surface area (TPSA) is 82.5 Å². The number of aromatic nitrogens is 5. The van der Waals surface area contributed by atoms with Gasteiger partial charge in [-0.25, -0.2) is 14.6 Å². The Morgan fingerprint density at radius 2 is 2.25 bits per heavy atom. The molecule has 0 aromatic carbocycles. The van der Waals surface area contributed by atoms with Gasteiger partial charge >= 0.3 is 0 Å². The molecule has 0 bridgehead atoms. The highest BCUT2D eigenvalue weighted by Gasteiger charge is 2.11. The molecule has 16 heavy (non-hydrogen) atoms. The molecule has 0 aliphatic heterocycles. The van der Waals surface area contributed by atoms with Gasteiger partial charge in [-0.3, -0.25) is 0 Å². The quantitative estimate of drug-likeness (QED) is 0.680. The third-order valence-electron chi connectivity index (χ3n) is 2.15. The number of hydrogen-bond acceptors (Lipinski definition) is 6. The fourth-order valence-corrected chi connectivity index (χ4v) is 2.42. The van der Waals surface area contributed by atoms with Gasteiger partial charge in [0.25, 0.3) is 0 Å². The number of aryl methyl sites for hydroxylation is 1. The van der Waals surface area contributed by atoms with E-state index in [0.29, 0.717) is 5.82 Å². The standard InChI is InChI=1S/C9H8N6S/c1-5-2-6-7(15-4-11-3-12-15)13-9(10)14-8(6)16-5/h2-4H,1H3,(H2,10,13,14). The fraction of sp³-hybridized carbons (Fsp3) is 0.111. The third-order valence-corrected chi connectivity index (χ3v) is 3.09. The highest BCUT2D eigenvalue weighted by atomic mass is 32.1. The molecule has 3 aromatic heterocycles. The van der Waals surface area contributed by atoms with E-state index in [0.717, 1.165) is 15.1 Å². The summed E-state index contributed by atoms with van der Waals surface area (Å²) < 4.78 is 1.59. The first-order valence-corrected chi connectivity index (χ1v) is 5.44. The average Bonchev–Trinajstić information content (AvgIpc) is 2.83. The Morgan fingerprint density at radius 3 is 3.00 bits per heavy atom. The van der Waals surface area contributed by atoms with Crippen LogP contribution in [0.5, 0.6) is 0 Å². The summed E-state index contributed by atoms with van der Waals surface area (Å²) in [7, 11) is 0. The summed E-state index contributed by atoms with van der Waals surface area (Å²) in [6.07, 6.45) is 3.05. The Bertz CT molecular complexity index is 641. The van der Waals surface area contributed by atoms with Crippen LogP contribution in [0.25, 0.3) is 16.0 Å². The molecule has 3 aromatic rings. The van der Waals surface area contributed by atoms with Crippen molar-refractivity contribution >= 4 is 27.5 Å². The number of hydrogen-bond donors (Lipinski definition) is 1. The molecule has 7 heteroatoms. The van der Waals surface area contributed by atoms with Gasteiger partial charge in [-0.05, 0) is 13.0 Å². The van der Waals surface area contributed by atoms with E-state index in [4.69, 9.17) is 5.73 Å². The molecule has 0 saturated carbocycles. The van der Waals surface area contributed by atoms with Gasteiger partial charge in [-0.2, -0.15) is 10.1 Å². The van der Waals surface area contributed by atoms with Crippen molar-refractivity contribution in [1.82, 2.24) is 24.7 Å². The zero-order valence-corrected chi connectivity index (χ0v) is 9.27. The van der Waals surface area contributed by atoms with Gasteiger partial charge in [0.1, 0.15) is 17.5 Å². The molecule has 0 aliphatic rings. The Morgan fingerprint density at radius 1 is 1.38 bits per heavy atom. The van der Waals surface area contributed by atoms with E-state index >= 15 is 0 Å². The van der Waals surface area contributed by atoms with Crippen LogP contribution in [0.2, 0.25) is 0 Å². The minimum absolute atomic E-state index is 0.250. The first-order valence-electron chi connectivity index (χ1n) is 4.63. The van der Waals surface area contributed by atoms with Crippen molar-refractivity contribution in [2.75, 3.05) is 5.73 Å². The highest BCUT2D eigenvalue weighted by Crippen LogP contribution is 2.27. The van der Waals surface area contributed by atoms with Crippen LogP contribution in [0.4, 0.5) is 5.95 Å². The lowest BCUT2D eigenvalue weighted by Gasteiger charge is -2.01. The van der Waals surface area contributed by atoms with Crippen molar-refractivity contribution in [1.29, 1.82) is 0 Å². The van der Waals surface area contributed by atoms with Crippen molar-refractivity contribution in [3.05, 3.63) is 23.6 Å². The summed E-state index contributed by atoms with van der Waals surface area (Å²) in [6.45, 7) is 2.02. The summed E-state index contributed by atoms with van der Waals surface area (Å²) >= 11 is 1.59. The molecule has 0 spiro atoms. The summed E-state index contributed by atoms with van der Waals surface area (Å²) in [5, 5.41) is 5.00. The molecule has 0 unspecified atom stereocenters. The Balaban J connectivity index is 2.38. The number of nitrogens with zero attached hydrogens (tertiary/aromatic N) is 5. The van der Waals surface area contributed by atoms with Crippen LogP contribution in [0, 0.1) is 6.92 Å². The fourth-order valence-electron chi connectivity index (χ4n) is 1.54. The third kappa shape index (κ3) is 1.33. The number of nitrogens with two attached hydrogens (primary N) is 1. The van der Waals surface area contributed by atoms with Crippen LogP contribution in [0.3, 0.4) is 0 Å². The summed E-state index contributed by atoms with van der Waals surface area (Å²) in [6, 6.07) is 2.02. The first kappa shape index (κ1) is 9.22. The number of anilines is 1. The van der Waals surface area contributed by atoms with E-state index in [1.807, 2.05) is 13.0 Å². The Hall–Kier alpha value is -2.02. The Labute approximate surface area is 94.8 Å². The summed E-state index contributed by atoms with van der Waals surface area (Å²) in [5.41, 5.74) is 5.66. The SMILES string of the molecule is Cc1cc2c(-n3cncn3)nc(N)nc2s1. The van der Waals surface area contributed by atoms with Gasteiger partial charge in [0.15, 0.2) is 5.82 Å². The van der Waals surface area contributed by atoms with Gasteiger partial charge in [0.2, 0.25) is 5.95 Å². The summed E-state index contributed by atoms with van der Waals surface area (Å²) in [4.78, 5) is 14.3. The van der Waals surface area contributed by atoms with Crippen LogP contribution in [0.15, 0.2) is 18.7 Å². The lowest BCUT2D eigenvalue weighted by Crippen LogP contribution is -2.03. The number of nitrogen functional groups attached to an aromatic ring is 1. The van der Waals surface area contributed by atoms with Crippen molar-refractivity contribution < 1.29 is 0 Å². The van der Waals surface area contributed by atoms with Crippen LogP contribution >= 0.6 is 11.3 Å². The molecule has 3 rings (SSSR count). The second-order valence-corrected chi connectivity index (χ2v) is 4.56. The molecule has 0 amide bonds. The second-order valence-electron chi connectivity index (χ2n) is 3.32. The molecule has 0 aliphatic carbocycles. The maximum atomic E-state index is 5.66. The first-order chi connectivity index (χ1) is 7.74. The lowest BCUT2D eigenvalue weighted by molar-refractivity contribution is 0.852. The molecular formula is C9H8N6S. The maximum Gasteiger partial charge on any atom is 0.223 e. The molecule has 6 nitrogen and oxygen atoms in total. The van der Waals surface area contributed by atoms with E-state index < -0.39 is 0 Å². The zero-order valence-electron chi connectivity index (χ0n) is 8.45. The van der Waals surface area contributed by atoms with Gasteiger partial charge in [0, 0.05) is 4.88 Å². The molecule has 0 saturated heterocycles. The van der Waals surface area contributed by atoms with Crippen LogP contribution in [0.1, 0.15) is 4.88 Å². The zero-order chi connectivity index (χ0) is 11.1. The lowest BCUT2D eigenvalue weighted by atomic mass is 10.3. The molecule has 0 fully saturated rings. The van der Waals surface area contributed by atoms with E-state index in [9.17, 15) is 0 Å². The van der Waals surface area contributed by atoms with E-state index in [1.165, 1.54) is 6.33 Å². The number of rotatable bonds is 1. The molecule has 0 atom stereocenters. The molecular weight excluding hydrogens is 224 g/mol. The molecule has 2 N–H and O–H groups in total. The van der Waals surface area contributed by atoms with Crippen molar-refractivity contribution in [2.24, 2.45) is 0 Å². The minimum Gasteiger partial charge on any atom is -0.368 e. The average molecular weight is 232 g/mol. The van der Waals surface area contributed by atoms with Crippen LogP contribution in [-0.4, -0.2) is 24.7 Å². The predicted octanol–water partition coefficient (Wildman–Crippen LogP) is 1.16. The van der Waals surface area contributed by atoms with Gasteiger partial charge in [-0.15, -0.1) is 11.3 Å².